The highest BCUT2D eigenvalue weighted by molar-refractivity contribution is 7.89. The Morgan fingerprint density at radius 3 is 2.76 bits per heavy atom. The first-order chi connectivity index (χ1) is 9.86. The smallest absolute Gasteiger partial charge is 0.252 e. The van der Waals surface area contributed by atoms with Crippen molar-refractivity contribution in [2.24, 2.45) is 5.73 Å². The maximum Gasteiger partial charge on any atom is 0.252 e. The average molecular weight is 313 g/mol. The summed E-state index contributed by atoms with van der Waals surface area (Å²) < 4.78 is 31.6. The quantitative estimate of drug-likeness (QED) is 0.800. The predicted molar refractivity (Wildman–Crippen MR) is 77.7 cm³/mol. The van der Waals surface area contributed by atoms with E-state index in [2.05, 4.69) is 5.32 Å². The van der Waals surface area contributed by atoms with E-state index in [1.54, 1.807) is 0 Å². The van der Waals surface area contributed by atoms with Crippen LogP contribution in [0.1, 0.15) is 17.3 Å². The molecular formula is C13H19N3O4S. The van der Waals surface area contributed by atoms with Crippen LogP contribution in [0.25, 0.3) is 0 Å². The van der Waals surface area contributed by atoms with E-state index in [0.29, 0.717) is 19.6 Å². The summed E-state index contributed by atoms with van der Waals surface area (Å²) in [5.74, 6) is -0.465. The van der Waals surface area contributed by atoms with E-state index in [-0.39, 0.29) is 22.3 Å². The molecule has 1 amide bonds. The van der Waals surface area contributed by atoms with E-state index in [9.17, 15) is 13.2 Å². The first kappa shape index (κ1) is 15.7. The first-order valence-corrected chi connectivity index (χ1v) is 8.01. The molecule has 0 aliphatic carbocycles. The summed E-state index contributed by atoms with van der Waals surface area (Å²) in [5.41, 5.74) is 5.32. The maximum atomic E-state index is 12.6. The molecule has 0 spiro atoms. The van der Waals surface area contributed by atoms with Gasteiger partial charge in [-0.2, -0.15) is 4.31 Å². The van der Waals surface area contributed by atoms with Crippen LogP contribution < -0.4 is 15.8 Å². The zero-order chi connectivity index (χ0) is 15.6. The number of carbonyl (C=O) groups is 1. The molecule has 0 unspecified atom stereocenters. The molecule has 7 nitrogen and oxygen atoms in total. The summed E-state index contributed by atoms with van der Waals surface area (Å²) >= 11 is 0. The minimum atomic E-state index is -3.65. The van der Waals surface area contributed by atoms with Gasteiger partial charge in [0.2, 0.25) is 10.0 Å². The highest BCUT2D eigenvalue weighted by Crippen LogP contribution is 2.24. The van der Waals surface area contributed by atoms with Gasteiger partial charge >= 0.3 is 0 Å². The minimum Gasteiger partial charge on any atom is -0.496 e. The molecule has 1 aromatic rings. The number of amides is 1. The van der Waals surface area contributed by atoms with Gasteiger partial charge in [0.1, 0.15) is 5.75 Å². The molecule has 0 radical (unpaired) electrons. The van der Waals surface area contributed by atoms with Gasteiger partial charge in [0.15, 0.2) is 0 Å². The molecule has 2 rings (SSSR count). The lowest BCUT2D eigenvalue weighted by atomic mass is 10.2. The van der Waals surface area contributed by atoms with Gasteiger partial charge in [0.05, 0.1) is 17.6 Å². The van der Waals surface area contributed by atoms with Gasteiger partial charge < -0.3 is 15.8 Å². The number of nitrogens with zero attached hydrogens (tertiary/aromatic N) is 1. The van der Waals surface area contributed by atoms with E-state index >= 15 is 0 Å². The second-order valence-corrected chi connectivity index (χ2v) is 6.88. The van der Waals surface area contributed by atoms with Crippen molar-refractivity contribution in [3.8, 4) is 5.75 Å². The highest BCUT2D eigenvalue weighted by Gasteiger charge is 2.29. The number of nitrogens with two attached hydrogens (primary N) is 1. The SMILES string of the molecule is COc1ccc(S(=O)(=O)N2CCN[C@@H](C)C2)cc1C(N)=O. The normalized spacial score (nSPS) is 20.2. The third-order valence-corrected chi connectivity index (χ3v) is 5.27. The summed E-state index contributed by atoms with van der Waals surface area (Å²) in [6.45, 7) is 3.30. The number of piperazine rings is 1. The van der Waals surface area contributed by atoms with Crippen LogP contribution in [-0.2, 0) is 10.0 Å². The van der Waals surface area contributed by atoms with Crippen molar-refractivity contribution in [3.05, 3.63) is 23.8 Å². The zero-order valence-corrected chi connectivity index (χ0v) is 12.8. The summed E-state index contributed by atoms with van der Waals surface area (Å²) in [5, 5.41) is 3.18. The van der Waals surface area contributed by atoms with E-state index in [0.717, 1.165) is 0 Å². The van der Waals surface area contributed by atoms with Gasteiger partial charge in [0.25, 0.3) is 5.91 Å². The Morgan fingerprint density at radius 2 is 2.19 bits per heavy atom. The Kier molecular flexibility index (Phi) is 4.50. The Hall–Kier alpha value is -1.64. The summed E-state index contributed by atoms with van der Waals surface area (Å²) in [4.78, 5) is 11.5. The molecule has 0 saturated carbocycles. The highest BCUT2D eigenvalue weighted by atomic mass is 32.2. The molecule has 116 valence electrons. The van der Waals surface area contributed by atoms with Crippen LogP contribution in [0.15, 0.2) is 23.1 Å². The topological polar surface area (TPSA) is 102 Å². The summed E-state index contributed by atoms with van der Waals surface area (Å²) in [6.07, 6.45) is 0. The van der Waals surface area contributed by atoms with Crippen molar-refractivity contribution >= 4 is 15.9 Å². The lowest BCUT2D eigenvalue weighted by molar-refractivity contribution is 0.0997. The largest absolute Gasteiger partial charge is 0.496 e. The molecule has 3 N–H and O–H groups in total. The van der Waals surface area contributed by atoms with Gasteiger partial charge in [-0.3, -0.25) is 4.79 Å². The molecule has 21 heavy (non-hydrogen) atoms. The molecule has 8 heteroatoms. The number of primary amides is 1. The lowest BCUT2D eigenvalue weighted by Gasteiger charge is -2.31. The van der Waals surface area contributed by atoms with Crippen LogP contribution in [0.5, 0.6) is 5.75 Å². The number of methoxy groups -OCH3 is 1. The van der Waals surface area contributed by atoms with Crippen molar-refractivity contribution in [2.45, 2.75) is 17.9 Å². The van der Waals surface area contributed by atoms with Crippen molar-refractivity contribution in [2.75, 3.05) is 26.7 Å². The first-order valence-electron chi connectivity index (χ1n) is 6.57. The molecule has 1 fully saturated rings. The second-order valence-electron chi connectivity index (χ2n) is 4.94. The van der Waals surface area contributed by atoms with Crippen LogP contribution in [0.3, 0.4) is 0 Å². The number of nitrogens with one attached hydrogen (secondary N) is 1. The number of sulfonamides is 1. The van der Waals surface area contributed by atoms with E-state index in [4.69, 9.17) is 10.5 Å². The Labute approximate surface area is 124 Å². The monoisotopic (exact) mass is 313 g/mol. The van der Waals surface area contributed by atoms with Crippen molar-refractivity contribution in [3.63, 3.8) is 0 Å². The predicted octanol–water partition coefficient (Wildman–Crippen LogP) is -0.223. The molecule has 1 aromatic carbocycles. The number of rotatable bonds is 4. The third kappa shape index (κ3) is 3.17. The van der Waals surface area contributed by atoms with Crippen LogP contribution in [-0.4, -0.2) is 51.4 Å². The molecule has 1 aliphatic heterocycles. The summed E-state index contributed by atoms with van der Waals surface area (Å²) in [6, 6.07) is 4.22. The Morgan fingerprint density at radius 1 is 1.48 bits per heavy atom. The van der Waals surface area contributed by atoms with Crippen LogP contribution in [0.4, 0.5) is 0 Å². The number of hydrogen-bond acceptors (Lipinski definition) is 5. The Bertz CT molecular complexity index is 645. The Balaban J connectivity index is 2.40. The number of carbonyl (C=O) groups excluding carboxylic acids is 1. The van der Waals surface area contributed by atoms with E-state index < -0.39 is 15.9 Å². The van der Waals surface area contributed by atoms with Gasteiger partial charge in [0, 0.05) is 25.7 Å². The zero-order valence-electron chi connectivity index (χ0n) is 12.0. The van der Waals surface area contributed by atoms with Gasteiger partial charge in [-0.05, 0) is 25.1 Å². The molecule has 1 aliphatic rings. The molecule has 0 bridgehead atoms. The second kappa shape index (κ2) is 6.00. The molecule has 0 aromatic heterocycles. The van der Waals surface area contributed by atoms with Crippen LogP contribution >= 0.6 is 0 Å². The van der Waals surface area contributed by atoms with Gasteiger partial charge in [-0.25, -0.2) is 8.42 Å². The number of hydrogen-bond donors (Lipinski definition) is 2. The van der Waals surface area contributed by atoms with Crippen LogP contribution in [0.2, 0.25) is 0 Å². The van der Waals surface area contributed by atoms with Crippen molar-refractivity contribution in [1.29, 1.82) is 0 Å². The number of benzene rings is 1. The fourth-order valence-electron chi connectivity index (χ4n) is 2.30. The van der Waals surface area contributed by atoms with E-state index in [1.807, 2.05) is 6.92 Å². The number of ether oxygens (including phenoxy) is 1. The third-order valence-electron chi connectivity index (χ3n) is 3.41. The lowest BCUT2D eigenvalue weighted by Crippen LogP contribution is -2.51. The van der Waals surface area contributed by atoms with Crippen molar-refractivity contribution < 1.29 is 17.9 Å². The van der Waals surface area contributed by atoms with Gasteiger partial charge in [-0.1, -0.05) is 0 Å². The standard InChI is InChI=1S/C13H19N3O4S/c1-9-8-16(6-5-15-9)21(18,19)10-3-4-12(20-2)11(7-10)13(14)17/h3-4,7,9,15H,5-6,8H2,1-2H3,(H2,14,17)/t9-/m0/s1. The minimum absolute atomic E-state index is 0.0474. The molecule has 1 heterocycles. The summed E-state index contributed by atoms with van der Waals surface area (Å²) in [7, 11) is -2.25. The fourth-order valence-corrected chi connectivity index (χ4v) is 3.86. The van der Waals surface area contributed by atoms with Crippen LogP contribution in [0, 0.1) is 0 Å². The average Bonchev–Trinajstić information content (AvgIpc) is 2.46. The molecular weight excluding hydrogens is 294 g/mol. The van der Waals surface area contributed by atoms with Gasteiger partial charge in [-0.15, -0.1) is 0 Å². The molecule has 1 saturated heterocycles. The van der Waals surface area contributed by atoms with E-state index in [1.165, 1.54) is 29.6 Å². The molecule has 1 atom stereocenters. The maximum absolute atomic E-state index is 12.6. The van der Waals surface area contributed by atoms with Crippen molar-refractivity contribution in [1.82, 2.24) is 9.62 Å². The fraction of sp³-hybridized carbons (Fsp3) is 0.462.